The van der Waals surface area contributed by atoms with Crippen LogP contribution in [0.3, 0.4) is 0 Å². The predicted molar refractivity (Wildman–Crippen MR) is 133 cm³/mol. The highest BCUT2D eigenvalue weighted by Crippen LogP contribution is 2.32. The van der Waals surface area contributed by atoms with E-state index in [9.17, 15) is 14.8 Å². The quantitative estimate of drug-likeness (QED) is 0.324. The maximum Gasteiger partial charge on any atom is 0.123 e. The van der Waals surface area contributed by atoms with Gasteiger partial charge < -0.3 is 9.67 Å². The summed E-state index contributed by atoms with van der Waals surface area (Å²) in [4.78, 5) is 4.90. The van der Waals surface area contributed by atoms with Crippen LogP contribution in [0.15, 0.2) is 72.8 Å². The van der Waals surface area contributed by atoms with Crippen LogP contribution in [0.25, 0.3) is 22.4 Å². The van der Waals surface area contributed by atoms with Crippen LogP contribution in [-0.4, -0.2) is 14.7 Å². The summed E-state index contributed by atoms with van der Waals surface area (Å²) in [6, 6.07) is 24.2. The Morgan fingerprint density at radius 2 is 1.68 bits per heavy atom. The van der Waals surface area contributed by atoms with Crippen molar-refractivity contribution in [1.29, 1.82) is 5.26 Å². The number of hydrogen-bond acceptors (Lipinski definition) is 3. The Balaban J connectivity index is 1.75. The number of aromatic nitrogens is 2. The summed E-state index contributed by atoms with van der Waals surface area (Å²) in [5.74, 6) is 0.614. The molecule has 34 heavy (non-hydrogen) atoms. The minimum absolute atomic E-state index is 0.0593. The molecule has 1 N–H and O–H groups in total. The minimum atomic E-state index is -0.300. The normalized spacial score (nSPS) is 11.9. The molecule has 1 heterocycles. The lowest BCUT2D eigenvalue weighted by molar-refractivity contribution is 0.269. The number of nitriles is 1. The smallest absolute Gasteiger partial charge is 0.123 e. The van der Waals surface area contributed by atoms with E-state index in [0.29, 0.717) is 11.3 Å². The van der Waals surface area contributed by atoms with Gasteiger partial charge in [0.1, 0.15) is 11.6 Å². The molecule has 4 aromatic rings. The zero-order valence-corrected chi connectivity index (χ0v) is 19.5. The van der Waals surface area contributed by atoms with Crippen LogP contribution in [0.4, 0.5) is 4.39 Å². The van der Waals surface area contributed by atoms with Gasteiger partial charge in [0.25, 0.3) is 0 Å². The van der Waals surface area contributed by atoms with Crippen molar-refractivity contribution in [2.45, 2.75) is 45.8 Å². The van der Waals surface area contributed by atoms with Crippen molar-refractivity contribution in [1.82, 2.24) is 9.55 Å². The van der Waals surface area contributed by atoms with Gasteiger partial charge in [0.2, 0.25) is 0 Å². The summed E-state index contributed by atoms with van der Waals surface area (Å²) in [5, 5.41) is 19.8. The highest BCUT2D eigenvalue weighted by molar-refractivity contribution is 5.70. The van der Waals surface area contributed by atoms with Gasteiger partial charge >= 0.3 is 0 Å². The SMILES string of the molecule is CCCCc1nc(-c2ccc(F)cc2)c(CO)n1C(C)c1ccc(-c2ccccc2C#N)cc1. The summed E-state index contributed by atoms with van der Waals surface area (Å²) >= 11 is 0. The fourth-order valence-electron chi connectivity index (χ4n) is 4.40. The van der Waals surface area contributed by atoms with Crippen molar-refractivity contribution in [3.63, 3.8) is 0 Å². The fraction of sp³-hybridized carbons (Fsp3) is 0.241. The van der Waals surface area contributed by atoms with Gasteiger partial charge in [-0.3, -0.25) is 0 Å². The molecule has 0 saturated heterocycles. The standard InChI is InChI=1S/C29H28FN3O/c1-3-4-9-28-32-29(23-14-16-25(30)17-15-23)27(19-34)33(28)20(2)21-10-12-22(13-11-21)26-8-6-5-7-24(26)18-31/h5-8,10-17,20,34H,3-4,9,19H2,1-2H3. The zero-order chi connectivity index (χ0) is 24.1. The Morgan fingerprint density at radius 3 is 2.32 bits per heavy atom. The van der Waals surface area contributed by atoms with E-state index in [2.05, 4.69) is 36.6 Å². The van der Waals surface area contributed by atoms with Gasteiger partial charge in [-0.15, -0.1) is 0 Å². The number of aliphatic hydroxyl groups is 1. The van der Waals surface area contributed by atoms with Crippen LogP contribution in [0, 0.1) is 17.1 Å². The molecule has 3 aromatic carbocycles. The summed E-state index contributed by atoms with van der Waals surface area (Å²) < 4.78 is 15.6. The third kappa shape index (κ3) is 4.64. The summed E-state index contributed by atoms with van der Waals surface area (Å²) in [5.41, 5.74) is 5.83. The molecule has 0 bridgehead atoms. The van der Waals surface area contributed by atoms with Gasteiger partial charge in [0.05, 0.1) is 35.7 Å². The maximum absolute atomic E-state index is 13.5. The molecule has 0 spiro atoms. The molecule has 1 atom stereocenters. The van der Waals surface area contributed by atoms with E-state index < -0.39 is 0 Å². The van der Waals surface area contributed by atoms with Crippen LogP contribution < -0.4 is 0 Å². The van der Waals surface area contributed by atoms with E-state index in [1.54, 1.807) is 12.1 Å². The van der Waals surface area contributed by atoms with E-state index >= 15 is 0 Å². The van der Waals surface area contributed by atoms with E-state index in [4.69, 9.17) is 4.98 Å². The lowest BCUT2D eigenvalue weighted by atomic mass is 9.97. The molecule has 0 saturated carbocycles. The average molecular weight is 454 g/mol. The van der Waals surface area contributed by atoms with Gasteiger partial charge in [-0.2, -0.15) is 5.26 Å². The molecule has 0 aliphatic carbocycles. The maximum atomic E-state index is 13.5. The highest BCUT2D eigenvalue weighted by Gasteiger charge is 2.22. The first-order valence-corrected chi connectivity index (χ1v) is 11.6. The van der Waals surface area contributed by atoms with Crippen LogP contribution in [0.2, 0.25) is 0 Å². The van der Waals surface area contributed by atoms with Crippen molar-refractivity contribution in [3.05, 3.63) is 101 Å². The number of benzene rings is 3. The second-order valence-electron chi connectivity index (χ2n) is 8.42. The number of rotatable bonds is 8. The molecule has 4 rings (SSSR count). The summed E-state index contributed by atoms with van der Waals surface area (Å²) in [6.07, 6.45) is 2.82. The first kappa shape index (κ1) is 23.4. The van der Waals surface area contributed by atoms with Gasteiger partial charge in [-0.1, -0.05) is 55.8 Å². The molecule has 0 amide bonds. The monoisotopic (exact) mass is 453 g/mol. The van der Waals surface area contributed by atoms with E-state index in [-0.39, 0.29) is 18.5 Å². The molecule has 1 aromatic heterocycles. The van der Waals surface area contributed by atoms with Crippen molar-refractivity contribution in [3.8, 4) is 28.5 Å². The van der Waals surface area contributed by atoms with Crippen molar-refractivity contribution < 1.29 is 9.50 Å². The second kappa shape index (κ2) is 10.5. The van der Waals surface area contributed by atoms with Crippen LogP contribution in [0.1, 0.15) is 55.4 Å². The molecule has 4 nitrogen and oxygen atoms in total. The first-order chi connectivity index (χ1) is 16.6. The third-order valence-electron chi connectivity index (χ3n) is 6.24. The molecule has 0 fully saturated rings. The Hall–Kier alpha value is -3.75. The first-order valence-electron chi connectivity index (χ1n) is 11.6. The zero-order valence-electron chi connectivity index (χ0n) is 19.5. The molecule has 0 aliphatic rings. The van der Waals surface area contributed by atoms with Crippen molar-refractivity contribution >= 4 is 0 Å². The van der Waals surface area contributed by atoms with Crippen molar-refractivity contribution in [2.24, 2.45) is 0 Å². The van der Waals surface area contributed by atoms with E-state index in [0.717, 1.165) is 53.0 Å². The summed E-state index contributed by atoms with van der Waals surface area (Å²) in [7, 11) is 0. The second-order valence-corrected chi connectivity index (χ2v) is 8.42. The topological polar surface area (TPSA) is 61.8 Å². The molecule has 1 unspecified atom stereocenters. The summed E-state index contributed by atoms with van der Waals surface area (Å²) in [6.45, 7) is 4.08. The Bertz CT molecular complexity index is 1300. The minimum Gasteiger partial charge on any atom is -0.390 e. The van der Waals surface area contributed by atoms with Crippen molar-refractivity contribution in [2.75, 3.05) is 0 Å². The number of aliphatic hydroxyl groups excluding tert-OH is 1. The Morgan fingerprint density at radius 1 is 1.00 bits per heavy atom. The number of unbranched alkanes of at least 4 members (excludes halogenated alkanes) is 1. The van der Waals surface area contributed by atoms with E-state index in [1.807, 2.05) is 36.4 Å². The van der Waals surface area contributed by atoms with Gasteiger partial charge in [0, 0.05) is 12.0 Å². The molecular formula is C29H28FN3O. The fourth-order valence-corrected chi connectivity index (χ4v) is 4.40. The van der Waals surface area contributed by atoms with Gasteiger partial charge in [-0.05, 0) is 60.4 Å². The number of aryl methyl sites for hydroxylation is 1. The molecular weight excluding hydrogens is 425 g/mol. The van der Waals surface area contributed by atoms with Crippen LogP contribution in [-0.2, 0) is 13.0 Å². The van der Waals surface area contributed by atoms with Gasteiger partial charge in [-0.25, -0.2) is 9.37 Å². The molecule has 5 heteroatoms. The van der Waals surface area contributed by atoms with Crippen LogP contribution in [0.5, 0.6) is 0 Å². The number of halogens is 1. The molecule has 0 aliphatic heterocycles. The highest BCUT2D eigenvalue weighted by atomic mass is 19.1. The molecule has 0 radical (unpaired) electrons. The number of nitrogens with zero attached hydrogens (tertiary/aromatic N) is 3. The average Bonchev–Trinajstić information content (AvgIpc) is 3.25. The Kier molecular flexibility index (Phi) is 7.20. The largest absolute Gasteiger partial charge is 0.390 e. The number of hydrogen-bond donors (Lipinski definition) is 1. The Labute approximate surface area is 200 Å². The predicted octanol–water partition coefficient (Wildman–Crippen LogP) is 6.67. The molecule has 172 valence electrons. The van der Waals surface area contributed by atoms with E-state index in [1.165, 1.54) is 12.1 Å². The lowest BCUT2D eigenvalue weighted by Crippen LogP contribution is -2.14. The number of imidazole rings is 1. The van der Waals surface area contributed by atoms with Gasteiger partial charge in [0.15, 0.2) is 0 Å². The lowest BCUT2D eigenvalue weighted by Gasteiger charge is -2.20. The van der Waals surface area contributed by atoms with Crippen LogP contribution >= 0.6 is 0 Å². The third-order valence-corrected chi connectivity index (χ3v) is 6.24.